The molecule has 15 heavy (non-hydrogen) atoms. The molecule has 0 aromatic carbocycles. The maximum atomic E-state index is 6.18. The van der Waals surface area contributed by atoms with Crippen LogP contribution in [0.3, 0.4) is 0 Å². The number of hydrogen-bond acceptors (Lipinski definition) is 2. The van der Waals surface area contributed by atoms with E-state index in [9.17, 15) is 0 Å². The number of nitrogens with two attached hydrogens (primary N) is 1. The van der Waals surface area contributed by atoms with E-state index in [1.807, 2.05) is 0 Å². The van der Waals surface area contributed by atoms with Crippen LogP contribution in [0.25, 0.3) is 0 Å². The molecule has 2 unspecified atom stereocenters. The third kappa shape index (κ3) is 4.17. The van der Waals surface area contributed by atoms with Crippen molar-refractivity contribution in [3.63, 3.8) is 0 Å². The summed E-state index contributed by atoms with van der Waals surface area (Å²) in [7, 11) is 0. The second kappa shape index (κ2) is 6.38. The minimum atomic E-state index is 0.180. The van der Waals surface area contributed by atoms with Crippen molar-refractivity contribution in [2.45, 2.75) is 39.2 Å². The largest absolute Gasteiger partial charge is 0.323 e. The van der Waals surface area contributed by atoms with Gasteiger partial charge in [-0.2, -0.15) is 0 Å². The van der Waals surface area contributed by atoms with Crippen LogP contribution in [0.15, 0.2) is 14.3 Å². The van der Waals surface area contributed by atoms with E-state index in [1.54, 1.807) is 11.3 Å². The van der Waals surface area contributed by atoms with Gasteiger partial charge < -0.3 is 5.73 Å². The minimum Gasteiger partial charge on any atom is -0.323 e. The van der Waals surface area contributed by atoms with Crippen LogP contribution in [0.2, 0.25) is 0 Å². The molecule has 0 amide bonds. The van der Waals surface area contributed by atoms with Crippen LogP contribution in [0.1, 0.15) is 44.0 Å². The first-order valence-electron chi connectivity index (χ1n) is 5.24. The summed E-state index contributed by atoms with van der Waals surface area (Å²) in [5.41, 5.74) is 6.18. The van der Waals surface area contributed by atoms with Gasteiger partial charge in [-0.25, -0.2) is 0 Å². The zero-order chi connectivity index (χ0) is 11.4. The molecule has 0 aliphatic rings. The van der Waals surface area contributed by atoms with Crippen molar-refractivity contribution in [1.82, 2.24) is 0 Å². The van der Waals surface area contributed by atoms with Crippen molar-refractivity contribution in [1.29, 1.82) is 0 Å². The van der Waals surface area contributed by atoms with Gasteiger partial charge in [0.2, 0.25) is 0 Å². The highest BCUT2D eigenvalue weighted by Crippen LogP contribution is 2.36. The van der Waals surface area contributed by atoms with Crippen molar-refractivity contribution in [2.75, 3.05) is 0 Å². The second-order valence-corrected chi connectivity index (χ2v) is 7.26. The summed E-state index contributed by atoms with van der Waals surface area (Å²) < 4.78 is 2.25. The molecule has 1 aromatic rings. The molecule has 0 aliphatic heterocycles. The second-order valence-electron chi connectivity index (χ2n) is 4.01. The third-order valence-electron chi connectivity index (χ3n) is 2.47. The van der Waals surface area contributed by atoms with Gasteiger partial charge in [0, 0.05) is 15.4 Å². The van der Waals surface area contributed by atoms with Crippen LogP contribution in [0.4, 0.5) is 0 Å². The Morgan fingerprint density at radius 2 is 2.13 bits per heavy atom. The van der Waals surface area contributed by atoms with Crippen LogP contribution in [0.5, 0.6) is 0 Å². The van der Waals surface area contributed by atoms with Gasteiger partial charge in [-0.1, -0.05) is 26.7 Å². The van der Waals surface area contributed by atoms with Gasteiger partial charge in [0.15, 0.2) is 0 Å². The molecule has 2 atom stereocenters. The van der Waals surface area contributed by atoms with Gasteiger partial charge in [-0.15, -0.1) is 11.3 Å². The van der Waals surface area contributed by atoms with Crippen LogP contribution < -0.4 is 5.73 Å². The molecule has 0 aliphatic carbocycles. The molecule has 4 heteroatoms. The first-order valence-corrected chi connectivity index (χ1v) is 7.65. The maximum Gasteiger partial charge on any atom is 0.0843 e. The van der Waals surface area contributed by atoms with Gasteiger partial charge in [0.1, 0.15) is 0 Å². The quantitative estimate of drug-likeness (QED) is 0.782. The Kier molecular flexibility index (Phi) is 5.82. The molecular weight excluding hydrogens is 338 g/mol. The Bertz CT molecular complexity index is 292. The van der Waals surface area contributed by atoms with E-state index in [0.717, 1.165) is 14.7 Å². The Hall–Kier alpha value is 0.620. The predicted octanol–water partition coefficient (Wildman–Crippen LogP) is 5.10. The highest BCUT2D eigenvalue weighted by Gasteiger charge is 2.14. The number of hydrogen-bond donors (Lipinski definition) is 1. The Labute approximate surface area is 113 Å². The molecule has 0 saturated carbocycles. The average molecular weight is 355 g/mol. The van der Waals surface area contributed by atoms with Gasteiger partial charge in [0.05, 0.1) is 3.79 Å². The lowest BCUT2D eigenvalue weighted by Crippen LogP contribution is -2.12. The molecule has 0 spiro atoms. The van der Waals surface area contributed by atoms with E-state index in [-0.39, 0.29) is 6.04 Å². The lowest BCUT2D eigenvalue weighted by Gasteiger charge is -2.15. The third-order valence-corrected chi connectivity index (χ3v) is 5.86. The topological polar surface area (TPSA) is 26.0 Å². The smallest absolute Gasteiger partial charge is 0.0843 e. The first kappa shape index (κ1) is 13.7. The summed E-state index contributed by atoms with van der Waals surface area (Å²) in [5, 5.41) is 0. The number of thiophene rings is 1. The van der Waals surface area contributed by atoms with Gasteiger partial charge in [-0.3, -0.25) is 0 Å². The van der Waals surface area contributed by atoms with E-state index in [2.05, 4.69) is 51.8 Å². The summed E-state index contributed by atoms with van der Waals surface area (Å²) in [4.78, 5) is 1.26. The van der Waals surface area contributed by atoms with Crippen LogP contribution in [-0.4, -0.2) is 0 Å². The van der Waals surface area contributed by atoms with Gasteiger partial charge in [-0.05, 0) is 50.3 Å². The molecular formula is C11H17Br2NS. The lowest BCUT2D eigenvalue weighted by molar-refractivity contribution is 0.443. The number of halogens is 2. The van der Waals surface area contributed by atoms with Crippen LogP contribution >= 0.6 is 43.2 Å². The van der Waals surface area contributed by atoms with Crippen molar-refractivity contribution in [3.8, 4) is 0 Å². The maximum absolute atomic E-state index is 6.18. The zero-order valence-electron chi connectivity index (χ0n) is 9.09. The molecule has 1 heterocycles. The van der Waals surface area contributed by atoms with E-state index in [0.29, 0.717) is 5.92 Å². The molecule has 0 fully saturated rings. The fourth-order valence-electron chi connectivity index (χ4n) is 1.71. The standard InChI is InChI=1S/C11H17Br2NS/c1-3-4-7(2)5-9(14)10-6-8(12)11(13)15-10/h6-7,9H,3-5,14H2,1-2H3. The van der Waals surface area contributed by atoms with Crippen LogP contribution in [-0.2, 0) is 0 Å². The van der Waals surface area contributed by atoms with Gasteiger partial charge >= 0.3 is 0 Å². The molecule has 0 bridgehead atoms. The van der Waals surface area contributed by atoms with Crippen LogP contribution in [0, 0.1) is 5.92 Å². The van der Waals surface area contributed by atoms with Crippen molar-refractivity contribution >= 4 is 43.2 Å². The molecule has 0 saturated heterocycles. The Morgan fingerprint density at radius 1 is 1.47 bits per heavy atom. The summed E-state index contributed by atoms with van der Waals surface area (Å²) in [6, 6.07) is 2.30. The Balaban J connectivity index is 2.56. The molecule has 2 N–H and O–H groups in total. The highest BCUT2D eigenvalue weighted by molar-refractivity contribution is 9.13. The SMILES string of the molecule is CCCC(C)CC(N)c1cc(Br)c(Br)s1. The van der Waals surface area contributed by atoms with Crippen molar-refractivity contribution in [3.05, 3.63) is 19.2 Å². The summed E-state index contributed by atoms with van der Waals surface area (Å²) in [5.74, 6) is 0.713. The Morgan fingerprint density at radius 3 is 2.60 bits per heavy atom. The summed E-state index contributed by atoms with van der Waals surface area (Å²) in [6.07, 6.45) is 3.58. The molecule has 1 rings (SSSR count). The zero-order valence-corrected chi connectivity index (χ0v) is 13.1. The average Bonchev–Trinajstić information content (AvgIpc) is 2.47. The number of rotatable bonds is 5. The summed E-state index contributed by atoms with van der Waals surface area (Å²) in [6.45, 7) is 4.50. The predicted molar refractivity (Wildman–Crippen MR) is 75.3 cm³/mol. The molecule has 1 aromatic heterocycles. The molecule has 86 valence electrons. The van der Waals surface area contributed by atoms with E-state index in [4.69, 9.17) is 5.73 Å². The monoisotopic (exact) mass is 353 g/mol. The fourth-order valence-corrected chi connectivity index (χ4v) is 3.81. The normalized spacial score (nSPS) is 15.3. The van der Waals surface area contributed by atoms with E-state index >= 15 is 0 Å². The van der Waals surface area contributed by atoms with E-state index in [1.165, 1.54) is 17.7 Å². The van der Waals surface area contributed by atoms with E-state index < -0.39 is 0 Å². The first-order chi connectivity index (χ1) is 7.04. The summed E-state index contributed by atoms with van der Waals surface area (Å²) >= 11 is 8.71. The van der Waals surface area contributed by atoms with Crippen molar-refractivity contribution < 1.29 is 0 Å². The van der Waals surface area contributed by atoms with Gasteiger partial charge in [0.25, 0.3) is 0 Å². The highest BCUT2D eigenvalue weighted by atomic mass is 79.9. The fraction of sp³-hybridized carbons (Fsp3) is 0.636. The van der Waals surface area contributed by atoms with Crippen molar-refractivity contribution in [2.24, 2.45) is 11.7 Å². The molecule has 0 radical (unpaired) electrons. The minimum absolute atomic E-state index is 0.180. The lowest BCUT2D eigenvalue weighted by atomic mass is 9.97. The molecule has 1 nitrogen and oxygen atoms in total.